The molecule has 3 aromatic rings. The number of aromatic nitrogens is 4. The summed E-state index contributed by atoms with van der Waals surface area (Å²) in [7, 11) is 0. The first-order valence-corrected chi connectivity index (χ1v) is 8.55. The number of H-pyrrole nitrogens is 1. The van der Waals surface area contributed by atoms with Gasteiger partial charge in [0.1, 0.15) is 17.7 Å². The van der Waals surface area contributed by atoms with Gasteiger partial charge < -0.3 is 9.88 Å². The van der Waals surface area contributed by atoms with E-state index in [9.17, 15) is 14.0 Å². The number of carbonyl (C=O) groups excluding carboxylic acids is 1. The van der Waals surface area contributed by atoms with E-state index < -0.39 is 0 Å². The first-order valence-electron chi connectivity index (χ1n) is 8.55. The van der Waals surface area contributed by atoms with Crippen molar-refractivity contribution in [2.45, 2.75) is 25.3 Å². The summed E-state index contributed by atoms with van der Waals surface area (Å²) in [6, 6.07) is 6.13. The molecule has 134 valence electrons. The number of benzene rings is 1. The summed E-state index contributed by atoms with van der Waals surface area (Å²) in [5.74, 6) is -0.513. The van der Waals surface area contributed by atoms with Crippen molar-refractivity contribution in [3.63, 3.8) is 0 Å². The lowest BCUT2D eigenvalue weighted by Gasteiger charge is -2.33. The summed E-state index contributed by atoms with van der Waals surface area (Å²) in [5, 5.41) is 0. The number of fused-ring (bicyclic) bond motifs is 1. The molecule has 26 heavy (non-hydrogen) atoms. The molecule has 0 unspecified atom stereocenters. The van der Waals surface area contributed by atoms with Gasteiger partial charge in [0.2, 0.25) is 5.91 Å². The van der Waals surface area contributed by atoms with E-state index in [1.165, 1.54) is 12.4 Å². The quantitative estimate of drug-likeness (QED) is 0.775. The van der Waals surface area contributed by atoms with Crippen LogP contribution in [0, 0.1) is 5.82 Å². The third kappa shape index (κ3) is 2.98. The minimum Gasteiger partial charge on any atom is -0.340 e. The number of carbonyl (C=O) groups is 1. The third-order valence-corrected chi connectivity index (χ3v) is 4.79. The van der Waals surface area contributed by atoms with E-state index in [0.717, 1.165) is 12.8 Å². The lowest BCUT2D eigenvalue weighted by molar-refractivity contribution is -0.132. The van der Waals surface area contributed by atoms with Crippen molar-refractivity contribution in [1.82, 2.24) is 24.4 Å². The largest absolute Gasteiger partial charge is 0.340 e. The smallest absolute Gasteiger partial charge is 0.328 e. The van der Waals surface area contributed by atoms with E-state index in [1.807, 2.05) is 0 Å². The van der Waals surface area contributed by atoms with Crippen LogP contribution in [-0.4, -0.2) is 43.4 Å². The Kier molecular flexibility index (Phi) is 4.24. The Hall–Kier alpha value is -3.03. The highest BCUT2D eigenvalue weighted by Crippen LogP contribution is 2.23. The van der Waals surface area contributed by atoms with E-state index in [-0.39, 0.29) is 29.9 Å². The molecule has 7 nitrogen and oxygen atoms in total. The lowest BCUT2D eigenvalue weighted by atomic mass is 10.0. The fraction of sp³-hybridized carbons (Fsp3) is 0.333. The van der Waals surface area contributed by atoms with Gasteiger partial charge in [-0.25, -0.2) is 19.2 Å². The number of nitrogens with zero attached hydrogens (tertiary/aromatic N) is 4. The molecule has 1 aliphatic rings. The van der Waals surface area contributed by atoms with Crippen molar-refractivity contribution in [1.29, 1.82) is 0 Å². The number of likely N-dealkylation sites (tertiary alicyclic amines) is 1. The van der Waals surface area contributed by atoms with Crippen LogP contribution in [0.2, 0.25) is 0 Å². The molecule has 8 heteroatoms. The first kappa shape index (κ1) is 16.4. The van der Waals surface area contributed by atoms with Gasteiger partial charge in [0, 0.05) is 13.1 Å². The molecule has 4 rings (SSSR count). The Morgan fingerprint density at radius 1 is 1.35 bits per heavy atom. The van der Waals surface area contributed by atoms with Crippen molar-refractivity contribution >= 4 is 17.1 Å². The fourth-order valence-corrected chi connectivity index (χ4v) is 3.52. The Morgan fingerprint density at radius 3 is 3.04 bits per heavy atom. The van der Waals surface area contributed by atoms with Crippen LogP contribution >= 0.6 is 0 Å². The monoisotopic (exact) mass is 355 g/mol. The highest BCUT2D eigenvalue weighted by atomic mass is 19.1. The Balaban J connectivity index is 1.56. The molecule has 1 aromatic carbocycles. The Morgan fingerprint density at radius 2 is 2.19 bits per heavy atom. The molecule has 1 fully saturated rings. The zero-order valence-corrected chi connectivity index (χ0v) is 14.1. The van der Waals surface area contributed by atoms with E-state index in [2.05, 4.69) is 15.0 Å². The number of aromatic amines is 1. The van der Waals surface area contributed by atoms with Gasteiger partial charge >= 0.3 is 5.69 Å². The van der Waals surface area contributed by atoms with Gasteiger partial charge in [0.15, 0.2) is 5.65 Å². The molecule has 0 spiro atoms. The number of rotatable bonds is 3. The average Bonchev–Trinajstić information content (AvgIpc) is 2.99. The molecule has 0 saturated carbocycles. The summed E-state index contributed by atoms with van der Waals surface area (Å²) >= 11 is 0. The van der Waals surface area contributed by atoms with Crippen LogP contribution in [0.1, 0.15) is 24.4 Å². The zero-order chi connectivity index (χ0) is 18.1. The topological polar surface area (TPSA) is 83.9 Å². The summed E-state index contributed by atoms with van der Waals surface area (Å²) in [4.78, 5) is 37.5. The highest BCUT2D eigenvalue weighted by molar-refractivity contribution is 5.79. The molecule has 3 heterocycles. The van der Waals surface area contributed by atoms with Crippen LogP contribution < -0.4 is 5.69 Å². The van der Waals surface area contributed by atoms with Gasteiger partial charge in [-0.3, -0.25) is 9.36 Å². The van der Waals surface area contributed by atoms with Crippen molar-refractivity contribution in [3.05, 3.63) is 58.7 Å². The fourth-order valence-electron chi connectivity index (χ4n) is 3.52. The summed E-state index contributed by atoms with van der Waals surface area (Å²) in [6.45, 7) is 1.01. The second-order valence-electron chi connectivity index (χ2n) is 6.46. The molecule has 0 bridgehead atoms. The number of hydrogen-bond acceptors (Lipinski definition) is 4. The van der Waals surface area contributed by atoms with E-state index in [1.54, 1.807) is 33.9 Å². The molecule has 1 N–H and O–H groups in total. The predicted octanol–water partition coefficient (Wildman–Crippen LogP) is 1.66. The summed E-state index contributed by atoms with van der Waals surface area (Å²) in [5.41, 5.74) is 1.25. The molecular weight excluding hydrogens is 337 g/mol. The normalized spacial score (nSPS) is 17.6. The number of halogens is 1. The SMILES string of the molecule is O=C(Cc1ccccc1F)N1CCC[C@H](n2c(=O)[nH]c3cncnc32)C1. The number of hydrogen-bond donors (Lipinski definition) is 1. The molecular formula is C18H18FN5O2. The Labute approximate surface area is 148 Å². The molecule has 0 aliphatic carbocycles. The number of amides is 1. The number of nitrogens with one attached hydrogen (secondary N) is 1. The van der Waals surface area contributed by atoms with Crippen molar-refractivity contribution in [2.24, 2.45) is 0 Å². The predicted molar refractivity (Wildman–Crippen MR) is 93.1 cm³/mol. The van der Waals surface area contributed by atoms with E-state index in [0.29, 0.717) is 29.8 Å². The van der Waals surface area contributed by atoms with Gasteiger partial charge in [-0.1, -0.05) is 18.2 Å². The molecule has 2 aromatic heterocycles. The highest BCUT2D eigenvalue weighted by Gasteiger charge is 2.27. The number of piperidine rings is 1. The second-order valence-corrected chi connectivity index (χ2v) is 6.46. The maximum absolute atomic E-state index is 13.8. The van der Waals surface area contributed by atoms with Gasteiger partial charge in [0.25, 0.3) is 0 Å². The van der Waals surface area contributed by atoms with Crippen molar-refractivity contribution in [3.8, 4) is 0 Å². The molecule has 1 atom stereocenters. The second kappa shape index (κ2) is 6.70. The molecule has 1 amide bonds. The average molecular weight is 355 g/mol. The van der Waals surface area contributed by atoms with Crippen molar-refractivity contribution in [2.75, 3.05) is 13.1 Å². The van der Waals surface area contributed by atoms with Crippen LogP contribution in [0.4, 0.5) is 4.39 Å². The minimum atomic E-state index is -0.376. The van der Waals surface area contributed by atoms with E-state index >= 15 is 0 Å². The summed E-state index contributed by atoms with van der Waals surface area (Å²) in [6.07, 6.45) is 4.53. The lowest BCUT2D eigenvalue weighted by Crippen LogP contribution is -2.43. The standard InChI is InChI=1S/C18H18FN5O2/c19-14-6-2-1-4-12(14)8-16(25)23-7-3-5-13(10-23)24-17-15(22-18(24)26)9-20-11-21-17/h1-2,4,6,9,11,13H,3,5,7-8,10H2,(H,22,26)/t13-/m0/s1. The molecule has 1 aliphatic heterocycles. The zero-order valence-electron chi connectivity index (χ0n) is 14.1. The maximum atomic E-state index is 13.8. The third-order valence-electron chi connectivity index (χ3n) is 4.79. The maximum Gasteiger partial charge on any atom is 0.328 e. The van der Waals surface area contributed by atoms with Crippen LogP contribution in [-0.2, 0) is 11.2 Å². The van der Waals surface area contributed by atoms with Crippen LogP contribution in [0.5, 0.6) is 0 Å². The van der Waals surface area contributed by atoms with Crippen molar-refractivity contribution < 1.29 is 9.18 Å². The van der Waals surface area contributed by atoms with Gasteiger partial charge in [-0.05, 0) is 24.5 Å². The van der Waals surface area contributed by atoms with Gasteiger partial charge in [-0.15, -0.1) is 0 Å². The summed E-state index contributed by atoms with van der Waals surface area (Å²) < 4.78 is 15.4. The Bertz CT molecular complexity index is 1010. The van der Waals surface area contributed by atoms with Crippen LogP contribution in [0.3, 0.4) is 0 Å². The van der Waals surface area contributed by atoms with Crippen LogP contribution in [0.25, 0.3) is 11.2 Å². The van der Waals surface area contributed by atoms with Gasteiger partial charge in [-0.2, -0.15) is 0 Å². The first-order chi connectivity index (χ1) is 12.6. The van der Waals surface area contributed by atoms with E-state index in [4.69, 9.17) is 0 Å². The number of imidazole rings is 1. The minimum absolute atomic E-state index is 0.0182. The van der Waals surface area contributed by atoms with Crippen LogP contribution in [0.15, 0.2) is 41.6 Å². The molecule has 0 radical (unpaired) electrons. The molecule has 1 saturated heterocycles. The van der Waals surface area contributed by atoms with Gasteiger partial charge in [0.05, 0.1) is 18.7 Å².